The molecule has 28 heavy (non-hydrogen) atoms. The van der Waals surface area contributed by atoms with Crippen LogP contribution >= 0.6 is 0 Å². The fraction of sp³-hybridized carbons (Fsp3) is 0.364. The number of nitrogens with one attached hydrogen (secondary N) is 2. The van der Waals surface area contributed by atoms with Gasteiger partial charge in [-0.15, -0.1) is 0 Å². The minimum Gasteiger partial charge on any atom is -0.369 e. The van der Waals surface area contributed by atoms with Crippen LogP contribution in [0.25, 0.3) is 11.0 Å². The van der Waals surface area contributed by atoms with Gasteiger partial charge in [0.15, 0.2) is 0 Å². The van der Waals surface area contributed by atoms with Crippen LogP contribution in [0.5, 0.6) is 0 Å². The third-order valence-corrected chi connectivity index (χ3v) is 5.36. The Morgan fingerprint density at radius 1 is 1.07 bits per heavy atom. The molecule has 0 spiro atoms. The first-order chi connectivity index (χ1) is 13.7. The standard InChI is InChI=1S/C22H27N5O/c1-2-26-13-15-27(16-14-26)18-9-7-17(8-10-18)23-22(28)12-11-21-24-19-5-3-4-6-20(19)25-21/h3-10H,2,11-16H2,1H3,(H,23,28)(H,24,25). The van der Waals surface area contributed by atoms with Gasteiger partial charge < -0.3 is 20.1 Å². The summed E-state index contributed by atoms with van der Waals surface area (Å²) < 4.78 is 0. The lowest BCUT2D eigenvalue weighted by molar-refractivity contribution is -0.116. The van der Waals surface area contributed by atoms with Crippen molar-refractivity contribution in [2.24, 2.45) is 0 Å². The maximum atomic E-state index is 12.3. The Hall–Kier alpha value is -2.86. The molecule has 1 aromatic heterocycles. The van der Waals surface area contributed by atoms with Gasteiger partial charge in [0.25, 0.3) is 0 Å². The molecule has 6 heteroatoms. The highest BCUT2D eigenvalue weighted by atomic mass is 16.1. The summed E-state index contributed by atoms with van der Waals surface area (Å²) in [5, 5.41) is 2.98. The van der Waals surface area contributed by atoms with E-state index < -0.39 is 0 Å². The predicted octanol–water partition coefficient (Wildman–Crippen LogP) is 3.28. The van der Waals surface area contributed by atoms with Crippen LogP contribution in [-0.2, 0) is 11.2 Å². The second-order valence-electron chi connectivity index (χ2n) is 7.22. The minimum absolute atomic E-state index is 0.00441. The third kappa shape index (κ3) is 4.34. The number of hydrogen-bond donors (Lipinski definition) is 2. The van der Waals surface area contributed by atoms with Gasteiger partial charge in [-0.3, -0.25) is 4.79 Å². The van der Waals surface area contributed by atoms with E-state index in [1.54, 1.807) is 0 Å². The molecule has 3 aromatic rings. The molecular weight excluding hydrogens is 350 g/mol. The number of nitrogens with zero attached hydrogens (tertiary/aromatic N) is 3. The lowest BCUT2D eigenvalue weighted by Crippen LogP contribution is -2.46. The van der Waals surface area contributed by atoms with E-state index in [9.17, 15) is 4.79 Å². The summed E-state index contributed by atoms with van der Waals surface area (Å²) in [6.45, 7) is 7.65. The molecule has 2 N–H and O–H groups in total. The Bertz CT molecular complexity index is 893. The zero-order chi connectivity index (χ0) is 19.3. The van der Waals surface area contributed by atoms with Crippen molar-refractivity contribution in [1.29, 1.82) is 0 Å². The van der Waals surface area contributed by atoms with E-state index in [1.807, 2.05) is 36.4 Å². The Balaban J connectivity index is 1.28. The number of anilines is 2. The van der Waals surface area contributed by atoms with Gasteiger partial charge in [-0.2, -0.15) is 0 Å². The van der Waals surface area contributed by atoms with E-state index in [2.05, 4.69) is 44.1 Å². The molecule has 1 aliphatic heterocycles. The van der Waals surface area contributed by atoms with Crippen molar-refractivity contribution in [2.75, 3.05) is 42.9 Å². The quantitative estimate of drug-likeness (QED) is 0.692. The van der Waals surface area contributed by atoms with Crippen LogP contribution in [0.2, 0.25) is 0 Å². The van der Waals surface area contributed by atoms with Crippen LogP contribution in [0.15, 0.2) is 48.5 Å². The summed E-state index contributed by atoms with van der Waals surface area (Å²) in [7, 11) is 0. The molecular formula is C22H27N5O. The highest BCUT2D eigenvalue weighted by molar-refractivity contribution is 5.91. The van der Waals surface area contributed by atoms with E-state index in [0.29, 0.717) is 12.8 Å². The van der Waals surface area contributed by atoms with E-state index in [1.165, 1.54) is 5.69 Å². The first-order valence-corrected chi connectivity index (χ1v) is 10.0. The number of H-pyrrole nitrogens is 1. The summed E-state index contributed by atoms with van der Waals surface area (Å²) in [5.74, 6) is 0.850. The number of aromatic nitrogens is 2. The molecule has 1 aliphatic rings. The van der Waals surface area contributed by atoms with Gasteiger partial charge in [-0.1, -0.05) is 19.1 Å². The molecule has 0 saturated carbocycles. The Labute approximate surface area is 165 Å². The Morgan fingerprint density at radius 2 is 1.82 bits per heavy atom. The monoisotopic (exact) mass is 377 g/mol. The van der Waals surface area contributed by atoms with Crippen molar-refractivity contribution in [3.05, 3.63) is 54.4 Å². The molecule has 146 valence electrons. The summed E-state index contributed by atoms with van der Waals surface area (Å²) in [5.41, 5.74) is 4.00. The van der Waals surface area contributed by atoms with Crippen LogP contribution in [0.1, 0.15) is 19.2 Å². The highest BCUT2D eigenvalue weighted by Crippen LogP contribution is 2.20. The first kappa shape index (κ1) is 18.5. The van der Waals surface area contributed by atoms with Gasteiger partial charge in [-0.05, 0) is 42.9 Å². The maximum absolute atomic E-state index is 12.3. The van der Waals surface area contributed by atoms with Crippen LogP contribution in [0.4, 0.5) is 11.4 Å². The minimum atomic E-state index is 0.00441. The number of aryl methyl sites for hydroxylation is 1. The average molecular weight is 377 g/mol. The number of fused-ring (bicyclic) bond motifs is 1. The molecule has 1 amide bonds. The average Bonchev–Trinajstić information content (AvgIpc) is 3.16. The molecule has 0 radical (unpaired) electrons. The van der Waals surface area contributed by atoms with Gasteiger partial charge in [0, 0.05) is 50.4 Å². The number of rotatable bonds is 6. The van der Waals surface area contributed by atoms with E-state index in [0.717, 1.165) is 55.3 Å². The number of piperazine rings is 1. The number of aromatic amines is 1. The molecule has 0 aliphatic carbocycles. The number of hydrogen-bond acceptors (Lipinski definition) is 4. The van der Waals surface area contributed by atoms with Gasteiger partial charge in [0.1, 0.15) is 5.82 Å². The normalized spacial score (nSPS) is 15.1. The van der Waals surface area contributed by atoms with Crippen LogP contribution in [0.3, 0.4) is 0 Å². The highest BCUT2D eigenvalue weighted by Gasteiger charge is 2.15. The lowest BCUT2D eigenvalue weighted by atomic mass is 10.2. The second kappa shape index (κ2) is 8.44. The van der Waals surface area contributed by atoms with Gasteiger partial charge in [-0.25, -0.2) is 4.98 Å². The van der Waals surface area contributed by atoms with Gasteiger partial charge in [0.05, 0.1) is 11.0 Å². The second-order valence-corrected chi connectivity index (χ2v) is 7.22. The fourth-order valence-corrected chi connectivity index (χ4v) is 3.66. The fourth-order valence-electron chi connectivity index (χ4n) is 3.66. The van der Waals surface area contributed by atoms with Crippen LogP contribution < -0.4 is 10.2 Å². The summed E-state index contributed by atoms with van der Waals surface area (Å²) in [6, 6.07) is 16.1. The molecule has 2 heterocycles. The smallest absolute Gasteiger partial charge is 0.224 e. The van der Waals surface area contributed by atoms with Gasteiger partial charge >= 0.3 is 0 Å². The number of carbonyl (C=O) groups is 1. The molecule has 4 rings (SSSR count). The number of carbonyl (C=O) groups excluding carboxylic acids is 1. The van der Waals surface area contributed by atoms with Crippen molar-refractivity contribution in [1.82, 2.24) is 14.9 Å². The molecule has 0 bridgehead atoms. The Morgan fingerprint density at radius 3 is 2.54 bits per heavy atom. The van der Waals surface area contributed by atoms with Crippen LogP contribution in [0, 0.1) is 0 Å². The topological polar surface area (TPSA) is 64.3 Å². The number of likely N-dealkylation sites (N-methyl/N-ethyl adjacent to an activating group) is 1. The number of amides is 1. The lowest BCUT2D eigenvalue weighted by Gasteiger charge is -2.35. The molecule has 1 saturated heterocycles. The largest absolute Gasteiger partial charge is 0.369 e. The van der Waals surface area contributed by atoms with E-state index in [-0.39, 0.29) is 5.91 Å². The molecule has 2 aromatic carbocycles. The first-order valence-electron chi connectivity index (χ1n) is 10.0. The van der Waals surface area contributed by atoms with Gasteiger partial charge in [0.2, 0.25) is 5.91 Å². The Kier molecular flexibility index (Phi) is 5.58. The van der Waals surface area contributed by atoms with Crippen LogP contribution in [-0.4, -0.2) is 53.5 Å². The SMILES string of the molecule is CCN1CCN(c2ccc(NC(=O)CCc3nc4ccccc4[nH]3)cc2)CC1. The van der Waals surface area contributed by atoms with Crippen molar-refractivity contribution in [2.45, 2.75) is 19.8 Å². The maximum Gasteiger partial charge on any atom is 0.224 e. The number of para-hydroxylation sites is 2. The zero-order valence-corrected chi connectivity index (χ0v) is 16.3. The molecule has 6 nitrogen and oxygen atoms in total. The van der Waals surface area contributed by atoms with E-state index >= 15 is 0 Å². The summed E-state index contributed by atoms with van der Waals surface area (Å²) in [6.07, 6.45) is 1.00. The third-order valence-electron chi connectivity index (χ3n) is 5.36. The van der Waals surface area contributed by atoms with Crippen molar-refractivity contribution < 1.29 is 4.79 Å². The van der Waals surface area contributed by atoms with Crippen molar-refractivity contribution in [3.63, 3.8) is 0 Å². The number of benzene rings is 2. The number of imidazole rings is 1. The van der Waals surface area contributed by atoms with Crippen molar-refractivity contribution >= 4 is 28.3 Å². The zero-order valence-electron chi connectivity index (χ0n) is 16.3. The van der Waals surface area contributed by atoms with Crippen molar-refractivity contribution in [3.8, 4) is 0 Å². The molecule has 0 atom stereocenters. The summed E-state index contributed by atoms with van der Waals surface area (Å²) >= 11 is 0. The summed E-state index contributed by atoms with van der Waals surface area (Å²) in [4.78, 5) is 24.9. The molecule has 1 fully saturated rings. The van der Waals surface area contributed by atoms with E-state index in [4.69, 9.17) is 0 Å². The molecule has 0 unspecified atom stereocenters. The predicted molar refractivity (Wildman–Crippen MR) is 114 cm³/mol.